The lowest BCUT2D eigenvalue weighted by Crippen LogP contribution is -2.34. The largest absolute Gasteiger partial charge is 0.299 e. The van der Waals surface area contributed by atoms with Gasteiger partial charge in [0.15, 0.2) is 12.4 Å². The predicted octanol–water partition coefficient (Wildman–Crippen LogP) is 12.0. The van der Waals surface area contributed by atoms with Gasteiger partial charge in [-0.1, -0.05) is 96.0 Å². The molecule has 4 atom stereocenters. The van der Waals surface area contributed by atoms with E-state index in [0.717, 1.165) is 119 Å². The van der Waals surface area contributed by atoms with E-state index in [-0.39, 0.29) is 0 Å². The van der Waals surface area contributed by atoms with E-state index in [4.69, 9.17) is 15.0 Å². The number of unbranched alkanes of at least 4 members (excludes halogenated alkanes) is 4. The van der Waals surface area contributed by atoms with Crippen molar-refractivity contribution in [1.29, 1.82) is 0 Å². The Kier molecular flexibility index (Phi) is 27.0. The van der Waals surface area contributed by atoms with Crippen molar-refractivity contribution in [2.24, 2.45) is 15.0 Å². The molecule has 77 heavy (non-hydrogen) atoms. The van der Waals surface area contributed by atoms with Crippen LogP contribution in [0.2, 0.25) is 0 Å². The highest BCUT2D eigenvalue weighted by molar-refractivity contribution is 5.81. The molecule has 4 fully saturated rings. The molecule has 406 valence electrons. The number of nitrogens with zero attached hydrogens (tertiary/aromatic N) is 8. The van der Waals surface area contributed by atoms with Gasteiger partial charge in [-0.15, -0.1) is 0 Å². The molecule has 0 saturated carbocycles. The molecule has 1 aromatic carbocycles. The van der Waals surface area contributed by atoms with Crippen molar-refractivity contribution in [3.05, 3.63) is 136 Å². The zero-order chi connectivity index (χ0) is 54.3. The van der Waals surface area contributed by atoms with Gasteiger partial charge in [-0.05, 0) is 187 Å². The number of pyridine rings is 1. The minimum atomic E-state index is 0.432. The molecular weight excluding hydrogens is 941 g/mol. The first-order valence-electron chi connectivity index (χ1n) is 29.2. The Labute approximate surface area is 467 Å². The van der Waals surface area contributed by atoms with Crippen LogP contribution in [0.5, 0.6) is 0 Å². The Bertz CT molecular complexity index is 2730. The lowest BCUT2D eigenvalue weighted by Gasteiger charge is -2.20. The number of hydrogen-bond acceptors (Lipinski definition) is 7. The van der Waals surface area contributed by atoms with Gasteiger partial charge < -0.3 is 0 Å². The monoisotopic (exact) mass is 1030 g/mol. The van der Waals surface area contributed by atoms with Gasteiger partial charge in [-0.2, -0.15) is 0 Å². The summed E-state index contributed by atoms with van der Waals surface area (Å²) in [5.41, 5.74) is 8.96. The van der Waals surface area contributed by atoms with Crippen molar-refractivity contribution in [2.45, 2.75) is 154 Å². The maximum Gasteiger partial charge on any atom is 0.173 e. The first kappa shape index (κ1) is 60.1. The Hall–Kier alpha value is -6.10. The van der Waals surface area contributed by atoms with E-state index in [1.54, 1.807) is 0 Å². The van der Waals surface area contributed by atoms with Crippen LogP contribution < -0.4 is 4.57 Å². The number of aromatic nitrogens is 1. The number of rotatable bonds is 22. The lowest BCUT2D eigenvalue weighted by atomic mass is 9.98. The van der Waals surface area contributed by atoms with Crippen molar-refractivity contribution in [3.63, 3.8) is 0 Å². The van der Waals surface area contributed by atoms with Crippen LogP contribution in [-0.4, -0.2) is 130 Å². The van der Waals surface area contributed by atoms with E-state index < -0.39 is 0 Å². The summed E-state index contributed by atoms with van der Waals surface area (Å²) < 4.78 is 2.33. The molecule has 8 nitrogen and oxygen atoms in total. The quantitative estimate of drug-likeness (QED) is 0.0388. The fourth-order valence-electron chi connectivity index (χ4n) is 10.9. The normalized spacial score (nSPS) is 21.3. The SMILES string of the molecule is C\C=C/C=C(\C=N\CCCC#Cc1cc(C#CCCC[n+]2cccc(C3CCCN3C)c2)c(C#CCCC/N=C/C(=C\C=C/C)C2CCCN2C)cc1C#CCCC/N=C/C=C\C(=C/C)C1CCCN1C)C1CCCN1C. The zero-order valence-corrected chi connectivity index (χ0v) is 48.2. The van der Waals surface area contributed by atoms with Crippen molar-refractivity contribution in [1.82, 2.24) is 19.6 Å². The van der Waals surface area contributed by atoms with E-state index in [2.05, 4.69) is 224 Å². The summed E-state index contributed by atoms with van der Waals surface area (Å²) in [5.74, 6) is 28.2. The summed E-state index contributed by atoms with van der Waals surface area (Å²) in [7, 11) is 8.90. The first-order chi connectivity index (χ1) is 37.8. The Balaban J connectivity index is 1.19. The summed E-state index contributed by atoms with van der Waals surface area (Å²) >= 11 is 0. The van der Waals surface area contributed by atoms with E-state index in [9.17, 15) is 0 Å². The van der Waals surface area contributed by atoms with Crippen molar-refractivity contribution in [2.75, 3.05) is 74.0 Å². The molecule has 0 radical (unpaired) electrons. The van der Waals surface area contributed by atoms with E-state index >= 15 is 0 Å². The van der Waals surface area contributed by atoms with Crippen LogP contribution in [0.1, 0.15) is 157 Å². The second kappa shape index (κ2) is 34.6. The molecule has 8 heteroatoms. The van der Waals surface area contributed by atoms with Gasteiger partial charge in [0.05, 0.1) is 0 Å². The van der Waals surface area contributed by atoms with Gasteiger partial charge in [0, 0.05) is 128 Å². The first-order valence-corrected chi connectivity index (χ1v) is 29.2. The standard InChI is InChI=1S/C69H91N8/c1-8-11-31-63(67-40-28-48-74(67)5)55-71-44-22-14-18-34-60-54-62(36-20-16-24-51-77-52-26-38-65(57-77)69-42-30-50-76(69)7)61(35-19-15-23-45-72-56-64(32-12-9-2)68-41-29-49-75(68)6)53-59(60)33-17-13-21-43-70-46-25-37-58(10-3)66-39-27-47-73(66)4/h8-12,25-26,31-32,37-38,46,52-57,66-69H,13-16,21-24,27-30,39-45,47-51H2,1-7H3/q+1/b11-8-,12-9-,37-25-,58-10+,63-31+,64-32+,70-46+,71-55+,72-56+. The van der Waals surface area contributed by atoms with Crippen molar-refractivity contribution >= 4 is 18.6 Å². The summed E-state index contributed by atoms with van der Waals surface area (Å²) in [5, 5.41) is 0. The lowest BCUT2D eigenvalue weighted by molar-refractivity contribution is -0.697. The molecule has 4 aliphatic heterocycles. The molecule has 4 saturated heterocycles. The molecule has 0 aliphatic carbocycles. The van der Waals surface area contributed by atoms with Gasteiger partial charge in [0.25, 0.3) is 0 Å². The van der Waals surface area contributed by atoms with Crippen LogP contribution in [0.4, 0.5) is 0 Å². The molecule has 6 rings (SSSR count). The molecule has 5 heterocycles. The van der Waals surface area contributed by atoms with Crippen LogP contribution in [0.15, 0.2) is 123 Å². The zero-order valence-electron chi connectivity index (χ0n) is 48.2. The van der Waals surface area contributed by atoms with Crippen molar-refractivity contribution in [3.8, 4) is 47.4 Å². The third-order valence-electron chi connectivity index (χ3n) is 15.3. The number of benzene rings is 1. The van der Waals surface area contributed by atoms with Crippen LogP contribution in [0.25, 0.3) is 0 Å². The Morgan fingerprint density at radius 2 is 1.01 bits per heavy atom. The number of likely N-dealkylation sites (tertiary alicyclic amines) is 4. The average molecular weight is 1030 g/mol. The highest BCUT2D eigenvalue weighted by Crippen LogP contribution is 2.29. The van der Waals surface area contributed by atoms with Gasteiger partial charge in [-0.3, -0.25) is 34.6 Å². The predicted molar refractivity (Wildman–Crippen MR) is 328 cm³/mol. The Morgan fingerprint density at radius 1 is 0.558 bits per heavy atom. The van der Waals surface area contributed by atoms with Crippen LogP contribution in [0, 0.1) is 47.4 Å². The van der Waals surface area contributed by atoms with Crippen molar-refractivity contribution < 1.29 is 4.57 Å². The summed E-state index contributed by atoms with van der Waals surface area (Å²) in [6.45, 7) is 14.0. The molecule has 1 aromatic heterocycles. The number of aryl methyl sites for hydroxylation is 1. The van der Waals surface area contributed by atoms with E-state index in [1.807, 2.05) is 6.21 Å². The fourth-order valence-corrected chi connectivity index (χ4v) is 10.9. The topological polar surface area (TPSA) is 53.9 Å². The van der Waals surface area contributed by atoms with Crippen LogP contribution in [0.3, 0.4) is 0 Å². The maximum atomic E-state index is 4.87. The second-order valence-corrected chi connectivity index (χ2v) is 21.2. The summed E-state index contributed by atoms with van der Waals surface area (Å²) in [6, 6.07) is 10.6. The van der Waals surface area contributed by atoms with Gasteiger partial charge in [-0.25, -0.2) is 4.57 Å². The summed E-state index contributed by atoms with van der Waals surface area (Å²) in [4.78, 5) is 24.2. The molecule has 0 amide bonds. The molecule has 0 N–H and O–H groups in total. The minimum absolute atomic E-state index is 0.432. The number of allylic oxidation sites excluding steroid dienone is 8. The molecule has 0 spiro atoms. The minimum Gasteiger partial charge on any atom is -0.299 e. The molecule has 4 unspecified atom stereocenters. The molecular formula is C69H91N8+. The highest BCUT2D eigenvalue weighted by atomic mass is 15.2. The smallest absolute Gasteiger partial charge is 0.173 e. The number of hydrogen-bond donors (Lipinski definition) is 0. The number of aliphatic imine (C=N–C) groups is 3. The number of likely N-dealkylation sites (N-methyl/N-ethyl adjacent to an activating group) is 3. The van der Waals surface area contributed by atoms with Crippen LogP contribution >= 0.6 is 0 Å². The molecule has 4 aliphatic rings. The Morgan fingerprint density at radius 3 is 1.45 bits per heavy atom. The molecule has 0 bridgehead atoms. The molecule has 2 aromatic rings. The highest BCUT2D eigenvalue weighted by Gasteiger charge is 2.26. The average Bonchev–Trinajstić information content (AvgIpc) is 4.28. The van der Waals surface area contributed by atoms with Gasteiger partial charge in [0.1, 0.15) is 6.54 Å². The second-order valence-electron chi connectivity index (χ2n) is 21.2. The third-order valence-corrected chi connectivity index (χ3v) is 15.3. The maximum absolute atomic E-state index is 4.87. The van der Waals surface area contributed by atoms with E-state index in [0.29, 0.717) is 24.2 Å². The third kappa shape index (κ3) is 20.3. The van der Waals surface area contributed by atoms with Gasteiger partial charge >= 0.3 is 0 Å². The summed E-state index contributed by atoms with van der Waals surface area (Å²) in [6.07, 6.45) is 46.4. The van der Waals surface area contributed by atoms with Gasteiger partial charge in [0.2, 0.25) is 0 Å². The fraction of sp³-hybridized carbons (Fsp3) is 0.507. The van der Waals surface area contributed by atoms with E-state index in [1.165, 1.54) is 80.2 Å². The van der Waals surface area contributed by atoms with Crippen LogP contribution in [-0.2, 0) is 6.54 Å².